The number of nitrogens with one attached hydrogen (secondary N) is 1. The minimum atomic E-state index is -0.134. The van der Waals surface area contributed by atoms with Crippen LogP contribution in [0.1, 0.15) is 16.2 Å². The molecule has 28 heavy (non-hydrogen) atoms. The summed E-state index contributed by atoms with van der Waals surface area (Å²) in [4.78, 5) is 16.5. The van der Waals surface area contributed by atoms with Crippen LogP contribution in [0.25, 0.3) is 22.6 Å². The predicted octanol–water partition coefficient (Wildman–Crippen LogP) is 3.77. The molecule has 6 nitrogen and oxygen atoms in total. The number of carbonyl (C=O) groups is 1. The summed E-state index contributed by atoms with van der Waals surface area (Å²) in [5.41, 5.74) is 3.46. The summed E-state index contributed by atoms with van der Waals surface area (Å²) in [6.07, 6.45) is 3.80. The lowest BCUT2D eigenvalue weighted by atomic mass is 10.0. The van der Waals surface area contributed by atoms with Gasteiger partial charge < -0.3 is 9.73 Å². The van der Waals surface area contributed by atoms with Crippen LogP contribution in [0.15, 0.2) is 83.5 Å². The number of aromatic nitrogens is 3. The van der Waals surface area contributed by atoms with Gasteiger partial charge in [0.2, 0.25) is 11.8 Å². The summed E-state index contributed by atoms with van der Waals surface area (Å²) in [5.74, 6) is 0.756. The Labute approximate surface area is 162 Å². The maximum atomic E-state index is 12.5. The third-order valence-electron chi connectivity index (χ3n) is 4.23. The lowest BCUT2D eigenvalue weighted by Crippen LogP contribution is -2.25. The average molecular weight is 370 g/mol. The second kappa shape index (κ2) is 8.26. The van der Waals surface area contributed by atoms with Crippen molar-refractivity contribution in [3.8, 4) is 22.6 Å². The quantitative estimate of drug-likeness (QED) is 0.559. The number of pyridine rings is 1. The van der Waals surface area contributed by atoms with Crippen LogP contribution in [-0.2, 0) is 6.42 Å². The van der Waals surface area contributed by atoms with Crippen LogP contribution < -0.4 is 5.32 Å². The van der Waals surface area contributed by atoms with Gasteiger partial charge in [0.15, 0.2) is 0 Å². The zero-order valence-corrected chi connectivity index (χ0v) is 15.1. The van der Waals surface area contributed by atoms with Crippen molar-refractivity contribution in [2.24, 2.45) is 0 Å². The van der Waals surface area contributed by atoms with Crippen molar-refractivity contribution >= 4 is 5.91 Å². The van der Waals surface area contributed by atoms with Gasteiger partial charge in [-0.3, -0.25) is 9.78 Å². The Hall–Kier alpha value is -3.80. The van der Waals surface area contributed by atoms with E-state index in [1.807, 2.05) is 60.7 Å². The highest BCUT2D eigenvalue weighted by Crippen LogP contribution is 2.20. The van der Waals surface area contributed by atoms with E-state index in [9.17, 15) is 4.79 Å². The first-order valence-corrected chi connectivity index (χ1v) is 8.96. The maximum absolute atomic E-state index is 12.5. The van der Waals surface area contributed by atoms with Gasteiger partial charge in [-0.25, -0.2) is 0 Å². The Morgan fingerprint density at radius 3 is 2.54 bits per heavy atom. The van der Waals surface area contributed by atoms with Crippen molar-refractivity contribution in [3.05, 3.63) is 90.6 Å². The van der Waals surface area contributed by atoms with Gasteiger partial charge in [0.05, 0.1) is 5.56 Å². The van der Waals surface area contributed by atoms with E-state index in [0.29, 0.717) is 30.3 Å². The Kier molecular flexibility index (Phi) is 5.20. The molecule has 0 bridgehead atoms. The monoisotopic (exact) mass is 370 g/mol. The second-order valence-corrected chi connectivity index (χ2v) is 6.20. The maximum Gasteiger partial charge on any atom is 0.251 e. The molecule has 0 saturated heterocycles. The third-order valence-corrected chi connectivity index (χ3v) is 4.23. The standard InChI is InChI=1S/C22H18N4O2/c27-21(18-9-4-8-17(14-18)16-6-2-1-3-7-16)24-13-11-20-25-26-22(28-20)19-10-5-12-23-15-19/h1-10,12,14-15H,11,13H2,(H,24,27). The van der Waals surface area contributed by atoms with Crippen molar-refractivity contribution in [3.63, 3.8) is 0 Å². The van der Waals surface area contributed by atoms with Gasteiger partial charge in [0.25, 0.3) is 5.91 Å². The number of amides is 1. The van der Waals surface area contributed by atoms with Crippen molar-refractivity contribution in [2.75, 3.05) is 6.54 Å². The topological polar surface area (TPSA) is 80.9 Å². The first-order valence-electron chi connectivity index (χ1n) is 8.96. The molecule has 0 unspecified atom stereocenters. The number of benzene rings is 2. The third kappa shape index (κ3) is 4.12. The molecule has 2 heterocycles. The van der Waals surface area contributed by atoms with Gasteiger partial charge in [-0.1, -0.05) is 42.5 Å². The number of hydrogen-bond acceptors (Lipinski definition) is 5. The molecule has 0 radical (unpaired) electrons. The Morgan fingerprint density at radius 1 is 0.893 bits per heavy atom. The Bertz CT molecular complexity index is 1060. The molecule has 4 rings (SSSR count). The summed E-state index contributed by atoms with van der Waals surface area (Å²) in [7, 11) is 0. The second-order valence-electron chi connectivity index (χ2n) is 6.20. The van der Waals surface area contributed by atoms with E-state index in [2.05, 4.69) is 20.5 Å². The molecule has 0 fully saturated rings. The predicted molar refractivity (Wildman–Crippen MR) is 105 cm³/mol. The summed E-state index contributed by atoms with van der Waals surface area (Å²) < 4.78 is 5.62. The van der Waals surface area contributed by atoms with Gasteiger partial charge >= 0.3 is 0 Å². The summed E-state index contributed by atoms with van der Waals surface area (Å²) >= 11 is 0. The average Bonchev–Trinajstić information content (AvgIpc) is 3.24. The molecule has 138 valence electrons. The van der Waals surface area contributed by atoms with Crippen LogP contribution in [0.4, 0.5) is 0 Å². The first-order chi connectivity index (χ1) is 13.8. The molecule has 0 saturated carbocycles. The van der Waals surface area contributed by atoms with Crippen LogP contribution in [0, 0.1) is 0 Å². The fraction of sp³-hybridized carbons (Fsp3) is 0.0909. The van der Waals surface area contributed by atoms with Crippen LogP contribution in [-0.4, -0.2) is 27.6 Å². The number of nitrogens with zero attached hydrogens (tertiary/aromatic N) is 3. The number of carbonyl (C=O) groups excluding carboxylic acids is 1. The van der Waals surface area contributed by atoms with Crippen molar-refractivity contribution in [2.45, 2.75) is 6.42 Å². The van der Waals surface area contributed by atoms with E-state index in [1.54, 1.807) is 18.5 Å². The first kappa shape index (κ1) is 17.6. The van der Waals surface area contributed by atoms with Crippen LogP contribution >= 0.6 is 0 Å². The highest BCUT2D eigenvalue weighted by Gasteiger charge is 2.10. The molecule has 2 aromatic carbocycles. The summed E-state index contributed by atoms with van der Waals surface area (Å²) in [6.45, 7) is 0.406. The minimum absolute atomic E-state index is 0.134. The van der Waals surface area contributed by atoms with Gasteiger partial charge in [0, 0.05) is 30.9 Å². The Morgan fingerprint density at radius 2 is 1.71 bits per heavy atom. The molecule has 4 aromatic rings. The van der Waals surface area contributed by atoms with Crippen LogP contribution in [0.2, 0.25) is 0 Å². The molecule has 2 aromatic heterocycles. The van der Waals surface area contributed by atoms with E-state index in [4.69, 9.17) is 4.42 Å². The molecule has 0 atom stereocenters. The number of rotatable bonds is 6. The molecule has 1 amide bonds. The van der Waals surface area contributed by atoms with Crippen LogP contribution in [0.5, 0.6) is 0 Å². The summed E-state index contributed by atoms with van der Waals surface area (Å²) in [6, 6.07) is 21.2. The number of hydrogen-bond donors (Lipinski definition) is 1. The highest BCUT2D eigenvalue weighted by molar-refractivity contribution is 5.95. The molecule has 0 aliphatic rings. The molecule has 1 N–H and O–H groups in total. The van der Waals surface area contributed by atoms with E-state index < -0.39 is 0 Å². The van der Waals surface area contributed by atoms with E-state index in [1.165, 1.54) is 0 Å². The van der Waals surface area contributed by atoms with Gasteiger partial charge in [-0.2, -0.15) is 0 Å². The molecule has 0 aliphatic carbocycles. The molecular weight excluding hydrogens is 352 g/mol. The van der Waals surface area contributed by atoms with Crippen molar-refractivity contribution < 1.29 is 9.21 Å². The SMILES string of the molecule is O=C(NCCc1nnc(-c2cccnc2)o1)c1cccc(-c2ccccc2)c1. The fourth-order valence-electron chi connectivity index (χ4n) is 2.82. The van der Waals surface area contributed by atoms with E-state index >= 15 is 0 Å². The fourth-order valence-corrected chi connectivity index (χ4v) is 2.82. The molecule has 6 heteroatoms. The van der Waals surface area contributed by atoms with E-state index in [0.717, 1.165) is 16.7 Å². The molecular formula is C22H18N4O2. The molecule has 0 aliphatic heterocycles. The lowest BCUT2D eigenvalue weighted by Gasteiger charge is -2.06. The molecule has 0 spiro atoms. The lowest BCUT2D eigenvalue weighted by molar-refractivity contribution is 0.0953. The van der Waals surface area contributed by atoms with Crippen LogP contribution in [0.3, 0.4) is 0 Å². The summed E-state index contributed by atoms with van der Waals surface area (Å²) in [5, 5.41) is 10.9. The van der Waals surface area contributed by atoms with E-state index in [-0.39, 0.29) is 5.91 Å². The smallest absolute Gasteiger partial charge is 0.251 e. The largest absolute Gasteiger partial charge is 0.421 e. The normalized spacial score (nSPS) is 10.6. The zero-order valence-electron chi connectivity index (χ0n) is 15.1. The van der Waals surface area contributed by atoms with Crippen molar-refractivity contribution in [1.82, 2.24) is 20.5 Å². The zero-order chi connectivity index (χ0) is 19.2. The van der Waals surface area contributed by atoms with Crippen molar-refractivity contribution in [1.29, 1.82) is 0 Å². The highest BCUT2D eigenvalue weighted by atomic mass is 16.4. The van der Waals surface area contributed by atoms with Gasteiger partial charge in [-0.05, 0) is 35.4 Å². The van der Waals surface area contributed by atoms with Gasteiger partial charge in [0.1, 0.15) is 0 Å². The van der Waals surface area contributed by atoms with Gasteiger partial charge in [-0.15, -0.1) is 10.2 Å². The minimum Gasteiger partial charge on any atom is -0.421 e. The Balaban J connectivity index is 1.36.